The van der Waals surface area contributed by atoms with Gasteiger partial charge in [-0.25, -0.2) is 4.39 Å². The largest absolute Gasteiger partial charge is 0.330 e. The Hall–Kier alpha value is -0.840. The Morgan fingerprint density at radius 3 is 2.35 bits per heavy atom. The van der Waals surface area contributed by atoms with Crippen LogP contribution in [0.1, 0.15) is 26.7 Å². The molecule has 0 saturated heterocycles. The molecule has 1 amide bonds. The van der Waals surface area contributed by atoms with Crippen molar-refractivity contribution in [3.63, 3.8) is 0 Å². The molecule has 0 heterocycles. The minimum atomic E-state index is -0.544. The van der Waals surface area contributed by atoms with E-state index in [0.717, 1.165) is 18.6 Å². The van der Waals surface area contributed by atoms with Crippen LogP contribution in [0.3, 0.4) is 0 Å². The van der Waals surface area contributed by atoms with Crippen molar-refractivity contribution in [2.75, 3.05) is 11.9 Å². The summed E-state index contributed by atoms with van der Waals surface area (Å²) in [5.74, 6) is -0.198. The van der Waals surface area contributed by atoms with Crippen LogP contribution in [0.2, 0.25) is 10.0 Å². The highest BCUT2D eigenvalue weighted by Crippen LogP contribution is 2.31. The molecule has 0 aliphatic rings. The molecule has 1 rings (SSSR count). The predicted molar refractivity (Wildman–Crippen MR) is 81.7 cm³/mol. The van der Waals surface area contributed by atoms with Crippen molar-refractivity contribution >= 4 is 34.8 Å². The number of anilines is 1. The summed E-state index contributed by atoms with van der Waals surface area (Å²) >= 11 is 11.7. The van der Waals surface area contributed by atoms with E-state index in [0.29, 0.717) is 18.9 Å². The highest BCUT2D eigenvalue weighted by Gasteiger charge is 2.16. The van der Waals surface area contributed by atoms with Gasteiger partial charge in [-0.05, 0) is 36.9 Å². The second kappa shape index (κ2) is 7.81. The molecule has 0 spiro atoms. The predicted octanol–water partition coefficient (Wildman–Crippen LogP) is 4.08. The number of halogens is 3. The maximum atomic E-state index is 13.1. The molecule has 0 aliphatic heterocycles. The Balaban J connectivity index is 2.71. The van der Waals surface area contributed by atoms with Crippen molar-refractivity contribution < 1.29 is 9.18 Å². The molecule has 0 fully saturated rings. The van der Waals surface area contributed by atoms with Gasteiger partial charge in [0, 0.05) is 6.42 Å². The lowest BCUT2D eigenvalue weighted by Gasteiger charge is -2.17. The maximum absolute atomic E-state index is 13.1. The standard InChI is InChI=1S/C14H19Cl2FN2O/c1-8(2)3-9(7-18)4-13(20)19-14-11(15)5-10(17)6-12(14)16/h5-6,8-9H,3-4,7,18H2,1-2H3,(H,19,20)/t9-/m0/s1. The molecule has 1 aromatic carbocycles. The van der Waals surface area contributed by atoms with Crippen molar-refractivity contribution in [2.24, 2.45) is 17.6 Å². The van der Waals surface area contributed by atoms with Gasteiger partial charge in [0.05, 0.1) is 15.7 Å². The second-order valence-electron chi connectivity index (χ2n) is 5.23. The zero-order valence-electron chi connectivity index (χ0n) is 11.6. The van der Waals surface area contributed by atoms with Crippen LogP contribution >= 0.6 is 23.2 Å². The summed E-state index contributed by atoms with van der Waals surface area (Å²) in [6.45, 7) is 4.60. The van der Waals surface area contributed by atoms with Gasteiger partial charge in [0.25, 0.3) is 0 Å². The highest BCUT2D eigenvalue weighted by molar-refractivity contribution is 6.39. The first-order chi connectivity index (χ1) is 9.33. The van der Waals surface area contributed by atoms with Gasteiger partial charge in [-0.15, -0.1) is 0 Å². The Morgan fingerprint density at radius 1 is 1.35 bits per heavy atom. The van der Waals surface area contributed by atoms with Crippen molar-refractivity contribution in [2.45, 2.75) is 26.7 Å². The van der Waals surface area contributed by atoms with E-state index in [1.165, 1.54) is 0 Å². The molecule has 0 saturated carbocycles. The quantitative estimate of drug-likeness (QED) is 0.829. The number of nitrogens with two attached hydrogens (primary N) is 1. The zero-order valence-corrected chi connectivity index (χ0v) is 13.1. The van der Waals surface area contributed by atoms with E-state index in [1.54, 1.807) is 0 Å². The molecular formula is C14H19Cl2FN2O. The van der Waals surface area contributed by atoms with Gasteiger partial charge < -0.3 is 11.1 Å². The van der Waals surface area contributed by atoms with Gasteiger partial charge in [0.2, 0.25) is 5.91 Å². The highest BCUT2D eigenvalue weighted by atomic mass is 35.5. The Morgan fingerprint density at radius 2 is 1.90 bits per heavy atom. The SMILES string of the molecule is CC(C)C[C@H](CN)CC(=O)Nc1c(Cl)cc(F)cc1Cl. The number of nitrogens with one attached hydrogen (secondary N) is 1. The zero-order chi connectivity index (χ0) is 15.3. The van der Waals surface area contributed by atoms with Gasteiger partial charge in [-0.2, -0.15) is 0 Å². The topological polar surface area (TPSA) is 55.1 Å². The normalized spacial score (nSPS) is 12.6. The Labute approximate surface area is 128 Å². The van der Waals surface area contributed by atoms with Gasteiger partial charge in [-0.3, -0.25) is 4.79 Å². The lowest BCUT2D eigenvalue weighted by molar-refractivity contribution is -0.117. The van der Waals surface area contributed by atoms with Gasteiger partial charge in [0.15, 0.2) is 0 Å². The first-order valence-electron chi connectivity index (χ1n) is 6.48. The minimum absolute atomic E-state index is 0.0801. The van der Waals surface area contributed by atoms with E-state index in [2.05, 4.69) is 19.2 Å². The molecule has 0 radical (unpaired) electrons. The fourth-order valence-electron chi connectivity index (χ4n) is 2.04. The van der Waals surface area contributed by atoms with Gasteiger partial charge in [-0.1, -0.05) is 37.0 Å². The number of hydrogen-bond acceptors (Lipinski definition) is 2. The number of carbonyl (C=O) groups excluding carboxylic acids is 1. The van der Waals surface area contributed by atoms with Crippen LogP contribution in [0, 0.1) is 17.7 Å². The molecule has 3 N–H and O–H groups in total. The number of benzene rings is 1. The molecule has 112 valence electrons. The maximum Gasteiger partial charge on any atom is 0.224 e. The molecule has 0 aliphatic carbocycles. The summed E-state index contributed by atoms with van der Waals surface area (Å²) < 4.78 is 13.1. The third-order valence-electron chi connectivity index (χ3n) is 2.88. The molecule has 1 atom stereocenters. The van der Waals surface area contributed by atoms with Crippen molar-refractivity contribution in [1.82, 2.24) is 0 Å². The van der Waals surface area contributed by atoms with E-state index >= 15 is 0 Å². The second-order valence-corrected chi connectivity index (χ2v) is 6.04. The summed E-state index contributed by atoms with van der Waals surface area (Å²) in [5, 5.41) is 2.78. The van der Waals surface area contributed by atoms with E-state index in [4.69, 9.17) is 28.9 Å². The average molecular weight is 321 g/mol. The van der Waals surface area contributed by atoms with Crippen LogP contribution in [-0.4, -0.2) is 12.5 Å². The number of rotatable bonds is 6. The van der Waals surface area contributed by atoms with Crippen molar-refractivity contribution in [3.8, 4) is 0 Å². The number of carbonyl (C=O) groups is 1. The molecule has 0 aromatic heterocycles. The monoisotopic (exact) mass is 320 g/mol. The molecule has 0 bridgehead atoms. The van der Waals surface area contributed by atoms with Crippen LogP contribution in [-0.2, 0) is 4.79 Å². The molecule has 3 nitrogen and oxygen atoms in total. The molecule has 0 unspecified atom stereocenters. The average Bonchev–Trinajstić information content (AvgIpc) is 2.32. The molecule has 6 heteroatoms. The number of amides is 1. The lowest BCUT2D eigenvalue weighted by atomic mass is 9.94. The van der Waals surface area contributed by atoms with E-state index in [-0.39, 0.29) is 27.6 Å². The summed E-state index contributed by atoms with van der Waals surface area (Å²) in [7, 11) is 0. The van der Waals surface area contributed by atoms with Gasteiger partial charge in [0.1, 0.15) is 5.82 Å². The fraction of sp³-hybridized carbons (Fsp3) is 0.500. The summed E-state index contributed by atoms with van der Waals surface area (Å²) in [5.41, 5.74) is 5.90. The van der Waals surface area contributed by atoms with Crippen LogP contribution in [0.4, 0.5) is 10.1 Å². The smallest absolute Gasteiger partial charge is 0.224 e. The van der Waals surface area contributed by atoms with Crippen LogP contribution in [0.15, 0.2) is 12.1 Å². The summed E-state index contributed by atoms with van der Waals surface area (Å²) in [6, 6.07) is 2.22. The van der Waals surface area contributed by atoms with Crippen LogP contribution in [0.5, 0.6) is 0 Å². The van der Waals surface area contributed by atoms with Crippen LogP contribution in [0.25, 0.3) is 0 Å². The molecule has 20 heavy (non-hydrogen) atoms. The Kier molecular flexibility index (Phi) is 6.72. The van der Waals surface area contributed by atoms with Gasteiger partial charge >= 0.3 is 0 Å². The van der Waals surface area contributed by atoms with Crippen molar-refractivity contribution in [1.29, 1.82) is 0 Å². The van der Waals surface area contributed by atoms with E-state index in [9.17, 15) is 9.18 Å². The summed E-state index contributed by atoms with van der Waals surface area (Å²) in [6.07, 6.45) is 1.16. The first kappa shape index (κ1) is 17.2. The first-order valence-corrected chi connectivity index (χ1v) is 7.23. The van der Waals surface area contributed by atoms with E-state index < -0.39 is 5.82 Å². The lowest BCUT2D eigenvalue weighted by Crippen LogP contribution is -2.23. The third kappa shape index (κ3) is 5.27. The van der Waals surface area contributed by atoms with Crippen molar-refractivity contribution in [3.05, 3.63) is 28.0 Å². The Bertz CT molecular complexity index is 457. The molecular weight excluding hydrogens is 302 g/mol. The fourth-order valence-corrected chi connectivity index (χ4v) is 2.60. The van der Waals surface area contributed by atoms with Crippen LogP contribution < -0.4 is 11.1 Å². The van der Waals surface area contributed by atoms with E-state index in [1.807, 2.05) is 0 Å². The molecule has 1 aromatic rings. The minimum Gasteiger partial charge on any atom is -0.330 e. The number of hydrogen-bond donors (Lipinski definition) is 2. The third-order valence-corrected chi connectivity index (χ3v) is 3.48. The summed E-state index contributed by atoms with van der Waals surface area (Å²) in [4.78, 5) is 12.0.